The van der Waals surface area contributed by atoms with Crippen molar-refractivity contribution in [1.82, 2.24) is 14.9 Å². The zero-order valence-corrected chi connectivity index (χ0v) is 23.8. The highest BCUT2D eigenvalue weighted by atomic mass is 16.4. The molecule has 3 aliphatic rings. The Morgan fingerprint density at radius 3 is 2.51 bits per heavy atom. The number of carboxylic acids is 1. The molecule has 9 nitrogen and oxygen atoms in total. The first-order valence-electron chi connectivity index (χ1n) is 15.1. The molecular weight excluding hydrogens is 544 g/mol. The molecule has 3 atom stereocenters. The van der Waals surface area contributed by atoms with Gasteiger partial charge in [0, 0.05) is 23.4 Å². The van der Waals surface area contributed by atoms with E-state index in [-0.39, 0.29) is 11.8 Å². The van der Waals surface area contributed by atoms with Crippen molar-refractivity contribution in [1.29, 1.82) is 0 Å². The van der Waals surface area contributed by atoms with Crippen LogP contribution in [0.15, 0.2) is 71.4 Å². The van der Waals surface area contributed by atoms with E-state index >= 15 is 0 Å². The van der Waals surface area contributed by atoms with Crippen LogP contribution in [-0.4, -0.2) is 38.0 Å². The molecule has 0 saturated heterocycles. The lowest BCUT2D eigenvalue weighted by Crippen LogP contribution is -2.55. The number of carbonyl (C=O) groups is 3. The third kappa shape index (κ3) is 5.13. The summed E-state index contributed by atoms with van der Waals surface area (Å²) in [6, 6.07) is 16.7. The number of nitrogens with one attached hydrogen (secondary N) is 2. The minimum Gasteiger partial charge on any atom is -0.478 e. The monoisotopic (exact) mass is 578 g/mol. The predicted molar refractivity (Wildman–Crippen MR) is 162 cm³/mol. The Morgan fingerprint density at radius 1 is 1.02 bits per heavy atom. The topological polar surface area (TPSA) is 126 Å². The molecule has 0 spiro atoms. The van der Waals surface area contributed by atoms with Gasteiger partial charge in [-0.15, -0.1) is 0 Å². The van der Waals surface area contributed by atoms with Gasteiger partial charge in [0.15, 0.2) is 11.6 Å². The fourth-order valence-corrected chi connectivity index (χ4v) is 7.46. The van der Waals surface area contributed by atoms with Crippen molar-refractivity contribution in [3.05, 3.63) is 78.1 Å². The van der Waals surface area contributed by atoms with E-state index in [0.29, 0.717) is 41.6 Å². The second kappa shape index (κ2) is 10.9. The maximum absolute atomic E-state index is 13.7. The third-order valence-electron chi connectivity index (χ3n) is 9.56. The summed E-state index contributed by atoms with van der Waals surface area (Å²) in [6.07, 6.45) is 11.9. The van der Waals surface area contributed by atoms with E-state index in [4.69, 9.17) is 14.5 Å². The quantitative estimate of drug-likeness (QED) is 0.207. The fourth-order valence-electron chi connectivity index (χ4n) is 7.46. The number of benzene rings is 2. The second-order valence-corrected chi connectivity index (χ2v) is 12.2. The fraction of sp³-hybridized carbons (Fsp3) is 0.353. The average Bonchev–Trinajstić information content (AvgIpc) is 3.85. The molecule has 9 heteroatoms. The standard InChI is InChI=1S/C34H34N4O5/c39-30(40)14-8-21-6-11-25(12-7-21)35-33(42)34(15-1-2-16-34)37-32(41)24-10-13-27-26(20-24)36-31(29-4-3-17-43-29)38(27)28-19-22-5-9-23(28)18-22/h3-4,6-8,10-14,17,20,22-23,28H,1-2,5,9,15-16,18-19H2,(H,35,42)(H,37,41)(H,39,40)/b14-8+/t22-,23+,28?/m0/s1. The number of nitrogens with zero attached hydrogens (tertiary/aromatic N) is 2. The summed E-state index contributed by atoms with van der Waals surface area (Å²) in [4.78, 5) is 43.0. The van der Waals surface area contributed by atoms with Crippen molar-refractivity contribution in [3.8, 4) is 11.6 Å². The zero-order valence-electron chi connectivity index (χ0n) is 23.8. The molecule has 0 aliphatic heterocycles. The van der Waals surface area contributed by atoms with Crippen molar-refractivity contribution in [3.63, 3.8) is 0 Å². The molecule has 2 bridgehead atoms. The average molecular weight is 579 g/mol. The number of furan rings is 1. The molecule has 220 valence electrons. The van der Waals surface area contributed by atoms with Gasteiger partial charge in [-0.25, -0.2) is 9.78 Å². The van der Waals surface area contributed by atoms with Crippen LogP contribution in [0.25, 0.3) is 28.7 Å². The van der Waals surface area contributed by atoms with Gasteiger partial charge in [-0.3, -0.25) is 9.59 Å². The smallest absolute Gasteiger partial charge is 0.328 e. The summed E-state index contributed by atoms with van der Waals surface area (Å²) in [5.41, 5.74) is 2.47. The van der Waals surface area contributed by atoms with Crippen LogP contribution in [0.5, 0.6) is 0 Å². The molecule has 2 amide bonds. The van der Waals surface area contributed by atoms with Gasteiger partial charge in [0.05, 0.1) is 17.3 Å². The Balaban J connectivity index is 1.13. The first kappa shape index (κ1) is 27.2. The highest BCUT2D eigenvalue weighted by Gasteiger charge is 2.44. The number of anilines is 1. The lowest BCUT2D eigenvalue weighted by molar-refractivity contribution is -0.131. The molecule has 3 aliphatic carbocycles. The summed E-state index contributed by atoms with van der Waals surface area (Å²) in [6.45, 7) is 0. The highest BCUT2D eigenvalue weighted by molar-refractivity contribution is 6.05. The number of fused-ring (bicyclic) bond motifs is 3. The van der Waals surface area contributed by atoms with Crippen molar-refractivity contribution in [2.45, 2.75) is 62.9 Å². The van der Waals surface area contributed by atoms with Crippen LogP contribution in [0.1, 0.15) is 73.3 Å². The third-order valence-corrected chi connectivity index (χ3v) is 9.56. The van der Waals surface area contributed by atoms with E-state index in [1.807, 2.05) is 30.3 Å². The van der Waals surface area contributed by atoms with E-state index in [9.17, 15) is 14.4 Å². The summed E-state index contributed by atoms with van der Waals surface area (Å²) < 4.78 is 8.11. The maximum Gasteiger partial charge on any atom is 0.328 e. The molecule has 3 saturated carbocycles. The maximum atomic E-state index is 13.7. The van der Waals surface area contributed by atoms with Crippen LogP contribution in [-0.2, 0) is 9.59 Å². The SMILES string of the molecule is O=C(O)/C=C/c1ccc(NC(=O)C2(NC(=O)c3ccc4c(c3)nc(-c3ccco3)n4C3C[C@H]4CC[C@@H]3C4)CCCC2)cc1. The van der Waals surface area contributed by atoms with E-state index in [0.717, 1.165) is 53.9 Å². The van der Waals surface area contributed by atoms with E-state index in [1.54, 1.807) is 30.5 Å². The minimum absolute atomic E-state index is 0.256. The highest BCUT2D eigenvalue weighted by Crippen LogP contribution is 2.52. The van der Waals surface area contributed by atoms with E-state index < -0.39 is 11.5 Å². The van der Waals surface area contributed by atoms with Crippen molar-refractivity contribution < 1.29 is 23.9 Å². The molecule has 4 aromatic rings. The molecule has 3 N–H and O–H groups in total. The van der Waals surface area contributed by atoms with Crippen molar-refractivity contribution in [2.24, 2.45) is 11.8 Å². The molecular formula is C34H34N4O5. The Morgan fingerprint density at radius 2 is 1.84 bits per heavy atom. The van der Waals surface area contributed by atoms with Gasteiger partial charge in [0.2, 0.25) is 5.91 Å². The Bertz CT molecular complexity index is 1710. The largest absolute Gasteiger partial charge is 0.478 e. The number of carboxylic acid groups (broad SMARTS) is 1. The number of aliphatic carboxylic acids is 1. The molecule has 2 aromatic heterocycles. The lowest BCUT2D eigenvalue weighted by Gasteiger charge is -2.29. The molecule has 7 rings (SSSR count). The van der Waals surface area contributed by atoms with Gasteiger partial charge >= 0.3 is 5.97 Å². The molecule has 1 unspecified atom stereocenters. The van der Waals surface area contributed by atoms with Crippen LogP contribution in [0.3, 0.4) is 0 Å². The van der Waals surface area contributed by atoms with Crippen LogP contribution < -0.4 is 10.6 Å². The number of carbonyl (C=O) groups excluding carboxylic acids is 2. The second-order valence-electron chi connectivity index (χ2n) is 12.2. The Kier molecular flexibility index (Phi) is 6.88. The number of aromatic nitrogens is 2. The number of rotatable bonds is 8. The Hall–Kier alpha value is -4.66. The predicted octanol–water partition coefficient (Wildman–Crippen LogP) is 6.44. The summed E-state index contributed by atoms with van der Waals surface area (Å²) in [5, 5.41) is 14.9. The van der Waals surface area contributed by atoms with Gasteiger partial charge in [-0.05, 0) is 98.0 Å². The number of hydrogen-bond donors (Lipinski definition) is 3. The normalized spacial score (nSPS) is 22.4. The molecule has 43 heavy (non-hydrogen) atoms. The summed E-state index contributed by atoms with van der Waals surface area (Å²) in [7, 11) is 0. The van der Waals surface area contributed by atoms with Gasteiger partial charge < -0.3 is 24.7 Å². The van der Waals surface area contributed by atoms with Gasteiger partial charge in [-0.2, -0.15) is 0 Å². The first-order valence-corrected chi connectivity index (χ1v) is 15.1. The lowest BCUT2D eigenvalue weighted by atomic mass is 9.94. The number of imidazole rings is 1. The van der Waals surface area contributed by atoms with Gasteiger partial charge in [-0.1, -0.05) is 31.4 Å². The van der Waals surface area contributed by atoms with Crippen LogP contribution in [0, 0.1) is 11.8 Å². The zero-order chi connectivity index (χ0) is 29.6. The van der Waals surface area contributed by atoms with Crippen LogP contribution in [0.2, 0.25) is 0 Å². The molecule has 0 radical (unpaired) electrons. The van der Waals surface area contributed by atoms with Crippen molar-refractivity contribution in [2.75, 3.05) is 5.32 Å². The summed E-state index contributed by atoms with van der Waals surface area (Å²) >= 11 is 0. The van der Waals surface area contributed by atoms with Gasteiger partial charge in [0.1, 0.15) is 5.54 Å². The summed E-state index contributed by atoms with van der Waals surface area (Å²) in [5.74, 6) is 1.33. The van der Waals surface area contributed by atoms with Crippen LogP contribution in [0.4, 0.5) is 5.69 Å². The van der Waals surface area contributed by atoms with Crippen LogP contribution >= 0.6 is 0 Å². The number of amides is 2. The Labute approximate surface area is 249 Å². The van der Waals surface area contributed by atoms with E-state index in [1.165, 1.54) is 25.3 Å². The van der Waals surface area contributed by atoms with Crippen molar-refractivity contribution >= 4 is 40.6 Å². The molecule has 3 fully saturated rings. The molecule has 2 heterocycles. The van der Waals surface area contributed by atoms with E-state index in [2.05, 4.69) is 15.2 Å². The minimum atomic E-state index is -1.03. The first-order chi connectivity index (χ1) is 20.9. The van der Waals surface area contributed by atoms with Gasteiger partial charge in [0.25, 0.3) is 5.91 Å². The molecule has 2 aromatic carbocycles. The number of hydrogen-bond acceptors (Lipinski definition) is 5.